The van der Waals surface area contributed by atoms with Gasteiger partial charge in [0, 0.05) is 26.3 Å². The van der Waals surface area contributed by atoms with Crippen molar-refractivity contribution in [3.63, 3.8) is 0 Å². The highest BCUT2D eigenvalue weighted by Crippen LogP contribution is 2.19. The average molecular weight is 223 g/mol. The van der Waals surface area contributed by atoms with Crippen LogP contribution in [0.25, 0.3) is 11.0 Å². The lowest BCUT2D eigenvalue weighted by atomic mass is 10.3. The van der Waals surface area contributed by atoms with Gasteiger partial charge in [0.05, 0.1) is 11.0 Å². The molecule has 0 aliphatic carbocycles. The molecule has 4 nitrogen and oxygen atoms in total. The molecule has 1 heterocycles. The van der Waals surface area contributed by atoms with E-state index in [0.717, 1.165) is 18.5 Å². The Hall–Kier alpha value is -1.62. The zero-order valence-electron chi connectivity index (χ0n) is 9.11. The minimum Gasteiger partial charge on any atom is -0.385 e. The summed E-state index contributed by atoms with van der Waals surface area (Å²) >= 11 is 0. The largest absolute Gasteiger partial charge is 0.385 e. The summed E-state index contributed by atoms with van der Waals surface area (Å²) in [5.41, 5.74) is 7.22. The minimum atomic E-state index is -0.297. The molecule has 1 aromatic carbocycles. The molecule has 0 saturated carbocycles. The predicted octanol–water partition coefficient (Wildman–Crippen LogP) is 1.79. The Morgan fingerprint density at radius 1 is 1.50 bits per heavy atom. The van der Waals surface area contributed by atoms with Crippen molar-refractivity contribution in [2.45, 2.75) is 13.0 Å². The van der Waals surface area contributed by atoms with E-state index in [9.17, 15) is 4.39 Å². The lowest BCUT2D eigenvalue weighted by molar-refractivity contribution is 0.191. The first-order valence-corrected chi connectivity index (χ1v) is 5.12. The maximum atomic E-state index is 13.0. The van der Waals surface area contributed by atoms with Crippen LogP contribution in [0.15, 0.2) is 18.2 Å². The number of ether oxygens (including phenoxy) is 1. The van der Waals surface area contributed by atoms with Gasteiger partial charge < -0.3 is 15.0 Å². The molecule has 0 saturated heterocycles. The highest BCUT2D eigenvalue weighted by Gasteiger charge is 2.08. The van der Waals surface area contributed by atoms with Crippen LogP contribution >= 0.6 is 0 Å². The molecule has 0 radical (unpaired) electrons. The van der Waals surface area contributed by atoms with Gasteiger partial charge in [-0.05, 0) is 18.6 Å². The molecule has 86 valence electrons. The van der Waals surface area contributed by atoms with E-state index in [1.165, 1.54) is 12.1 Å². The van der Waals surface area contributed by atoms with E-state index in [1.807, 2.05) is 4.57 Å². The molecular weight excluding hydrogens is 209 g/mol. The molecule has 0 amide bonds. The lowest BCUT2D eigenvalue weighted by Crippen LogP contribution is -2.05. The molecule has 2 N–H and O–H groups in total. The number of nitrogens with zero attached hydrogens (tertiary/aromatic N) is 2. The Labute approximate surface area is 92.8 Å². The third kappa shape index (κ3) is 1.99. The van der Waals surface area contributed by atoms with E-state index in [2.05, 4.69) is 4.98 Å². The van der Waals surface area contributed by atoms with Gasteiger partial charge in [-0.3, -0.25) is 0 Å². The molecule has 2 aromatic rings. The third-order valence-corrected chi connectivity index (χ3v) is 2.47. The number of methoxy groups -OCH3 is 1. The number of halogens is 1. The van der Waals surface area contributed by atoms with Gasteiger partial charge in [-0.15, -0.1) is 0 Å². The Morgan fingerprint density at radius 2 is 2.31 bits per heavy atom. The average Bonchev–Trinajstić information content (AvgIpc) is 2.55. The molecule has 0 atom stereocenters. The topological polar surface area (TPSA) is 53.1 Å². The quantitative estimate of drug-likeness (QED) is 0.804. The van der Waals surface area contributed by atoms with Crippen LogP contribution in [-0.2, 0) is 11.3 Å². The summed E-state index contributed by atoms with van der Waals surface area (Å²) in [4.78, 5) is 4.11. The Balaban J connectivity index is 2.32. The van der Waals surface area contributed by atoms with Gasteiger partial charge in [-0.25, -0.2) is 9.37 Å². The number of anilines is 1. The predicted molar refractivity (Wildman–Crippen MR) is 60.6 cm³/mol. The Morgan fingerprint density at radius 3 is 3.06 bits per heavy atom. The normalized spacial score (nSPS) is 11.1. The molecule has 0 unspecified atom stereocenters. The van der Waals surface area contributed by atoms with E-state index >= 15 is 0 Å². The van der Waals surface area contributed by atoms with Gasteiger partial charge in [-0.2, -0.15) is 0 Å². The van der Waals surface area contributed by atoms with Crippen LogP contribution in [0.4, 0.5) is 10.3 Å². The van der Waals surface area contributed by atoms with E-state index in [0.29, 0.717) is 18.1 Å². The fourth-order valence-corrected chi connectivity index (χ4v) is 1.72. The van der Waals surface area contributed by atoms with E-state index < -0.39 is 0 Å². The fraction of sp³-hybridized carbons (Fsp3) is 0.364. The van der Waals surface area contributed by atoms with Crippen molar-refractivity contribution in [3.05, 3.63) is 24.0 Å². The van der Waals surface area contributed by atoms with Crippen molar-refractivity contribution in [2.75, 3.05) is 19.5 Å². The second kappa shape index (κ2) is 4.49. The summed E-state index contributed by atoms with van der Waals surface area (Å²) in [6.45, 7) is 1.39. The Kier molecular flexibility index (Phi) is 3.05. The standard InChI is InChI=1S/C11H14FN3O/c1-16-6-2-5-15-10-4-3-8(12)7-9(10)14-11(15)13/h3-4,7H,2,5-6H2,1H3,(H2,13,14). The summed E-state index contributed by atoms with van der Waals surface area (Å²) < 4.78 is 19.8. The molecule has 0 spiro atoms. The van der Waals surface area contributed by atoms with Gasteiger partial charge in [0.15, 0.2) is 0 Å². The molecule has 16 heavy (non-hydrogen) atoms. The first-order valence-electron chi connectivity index (χ1n) is 5.12. The number of imidazole rings is 1. The van der Waals surface area contributed by atoms with Crippen LogP contribution in [0.5, 0.6) is 0 Å². The minimum absolute atomic E-state index is 0.297. The van der Waals surface area contributed by atoms with Crippen molar-refractivity contribution < 1.29 is 9.13 Å². The monoisotopic (exact) mass is 223 g/mol. The second-order valence-electron chi connectivity index (χ2n) is 3.60. The molecule has 5 heteroatoms. The van der Waals surface area contributed by atoms with Crippen LogP contribution < -0.4 is 5.73 Å². The van der Waals surface area contributed by atoms with Crippen molar-refractivity contribution >= 4 is 17.0 Å². The van der Waals surface area contributed by atoms with Crippen molar-refractivity contribution in [1.82, 2.24) is 9.55 Å². The number of aryl methyl sites for hydroxylation is 1. The zero-order valence-corrected chi connectivity index (χ0v) is 9.11. The van der Waals surface area contributed by atoms with Crippen LogP contribution in [0.3, 0.4) is 0 Å². The lowest BCUT2D eigenvalue weighted by Gasteiger charge is -2.05. The fourth-order valence-electron chi connectivity index (χ4n) is 1.72. The second-order valence-corrected chi connectivity index (χ2v) is 3.60. The maximum absolute atomic E-state index is 13.0. The van der Waals surface area contributed by atoms with Crippen LogP contribution in [0.2, 0.25) is 0 Å². The molecular formula is C11H14FN3O. The van der Waals surface area contributed by atoms with Crippen LogP contribution in [-0.4, -0.2) is 23.3 Å². The molecule has 0 aliphatic rings. The first kappa shape index (κ1) is 10.9. The number of nitrogens with two attached hydrogens (primary N) is 1. The molecule has 1 aromatic heterocycles. The van der Waals surface area contributed by atoms with E-state index in [-0.39, 0.29) is 5.82 Å². The molecule has 0 bridgehead atoms. The third-order valence-electron chi connectivity index (χ3n) is 2.47. The SMILES string of the molecule is COCCCn1c(N)nc2cc(F)ccc21. The molecule has 0 fully saturated rings. The van der Waals surface area contributed by atoms with Crippen LogP contribution in [0, 0.1) is 5.82 Å². The number of benzene rings is 1. The first-order chi connectivity index (χ1) is 7.72. The highest BCUT2D eigenvalue weighted by molar-refractivity contribution is 5.78. The van der Waals surface area contributed by atoms with Gasteiger partial charge in [0.25, 0.3) is 0 Å². The number of nitrogen functional groups attached to an aromatic ring is 1. The number of hydrogen-bond donors (Lipinski definition) is 1. The highest BCUT2D eigenvalue weighted by atomic mass is 19.1. The van der Waals surface area contributed by atoms with E-state index in [4.69, 9.17) is 10.5 Å². The summed E-state index contributed by atoms with van der Waals surface area (Å²) in [7, 11) is 1.66. The zero-order chi connectivity index (χ0) is 11.5. The van der Waals surface area contributed by atoms with Gasteiger partial charge in [-0.1, -0.05) is 0 Å². The smallest absolute Gasteiger partial charge is 0.201 e. The van der Waals surface area contributed by atoms with Crippen molar-refractivity contribution in [3.8, 4) is 0 Å². The maximum Gasteiger partial charge on any atom is 0.201 e. The number of fused-ring (bicyclic) bond motifs is 1. The van der Waals surface area contributed by atoms with Gasteiger partial charge in [0.2, 0.25) is 5.95 Å². The number of rotatable bonds is 4. The van der Waals surface area contributed by atoms with Crippen LogP contribution in [0.1, 0.15) is 6.42 Å². The number of hydrogen-bond acceptors (Lipinski definition) is 3. The summed E-state index contributed by atoms with van der Waals surface area (Å²) in [5.74, 6) is 0.116. The summed E-state index contributed by atoms with van der Waals surface area (Å²) in [5, 5.41) is 0. The van der Waals surface area contributed by atoms with Gasteiger partial charge in [0.1, 0.15) is 5.82 Å². The Bertz CT molecular complexity index is 495. The van der Waals surface area contributed by atoms with Gasteiger partial charge >= 0.3 is 0 Å². The molecule has 0 aliphatic heterocycles. The molecule has 2 rings (SSSR count). The summed E-state index contributed by atoms with van der Waals surface area (Å²) in [6.07, 6.45) is 0.851. The summed E-state index contributed by atoms with van der Waals surface area (Å²) in [6, 6.07) is 4.50. The van der Waals surface area contributed by atoms with Crippen molar-refractivity contribution in [1.29, 1.82) is 0 Å². The number of aromatic nitrogens is 2. The van der Waals surface area contributed by atoms with E-state index in [1.54, 1.807) is 13.2 Å². The van der Waals surface area contributed by atoms with Crippen molar-refractivity contribution in [2.24, 2.45) is 0 Å².